The van der Waals surface area contributed by atoms with Gasteiger partial charge in [0, 0.05) is 35.2 Å². The lowest BCUT2D eigenvalue weighted by Gasteiger charge is -2.29. The molecule has 2 aromatic carbocycles. The quantitative estimate of drug-likeness (QED) is 0.206. The van der Waals surface area contributed by atoms with E-state index in [2.05, 4.69) is 20.9 Å². The highest BCUT2D eigenvalue weighted by Crippen LogP contribution is 2.32. The Morgan fingerprint density at radius 3 is 2.33 bits per heavy atom. The van der Waals surface area contributed by atoms with E-state index in [1.165, 1.54) is 25.1 Å². The third-order valence-corrected chi connectivity index (χ3v) is 6.46. The molecule has 0 saturated heterocycles. The van der Waals surface area contributed by atoms with Gasteiger partial charge in [-0.25, -0.2) is 4.79 Å². The molecule has 2 atom stereocenters. The first-order chi connectivity index (χ1) is 18.8. The van der Waals surface area contributed by atoms with Crippen molar-refractivity contribution in [1.29, 1.82) is 0 Å². The maximum absolute atomic E-state index is 12.8. The fourth-order valence-electron chi connectivity index (χ4n) is 4.55. The predicted octanol–water partition coefficient (Wildman–Crippen LogP) is 1.59. The first kappa shape index (κ1) is 28.0. The zero-order chi connectivity index (χ0) is 27.8. The number of aromatic nitrogens is 1. The number of ether oxygens (including phenoxy) is 2. The van der Waals surface area contributed by atoms with Gasteiger partial charge in [0.25, 0.3) is 5.91 Å². The zero-order valence-electron chi connectivity index (χ0n) is 21.6. The Bertz CT molecular complexity index is 1350. The number of fused-ring (bicyclic) bond motifs is 3. The molecule has 0 radical (unpaired) electrons. The Morgan fingerprint density at radius 2 is 1.62 bits per heavy atom. The minimum atomic E-state index is -1.09. The van der Waals surface area contributed by atoms with Crippen LogP contribution in [0.25, 0.3) is 10.9 Å². The summed E-state index contributed by atoms with van der Waals surface area (Å²) in [5.41, 5.74) is 3.07. The Morgan fingerprint density at radius 1 is 0.923 bits per heavy atom. The van der Waals surface area contributed by atoms with Crippen molar-refractivity contribution in [2.24, 2.45) is 0 Å². The van der Waals surface area contributed by atoms with Gasteiger partial charge in [-0.3, -0.25) is 19.7 Å². The lowest BCUT2D eigenvalue weighted by Crippen LogP contribution is -2.51. The fourth-order valence-corrected chi connectivity index (χ4v) is 4.55. The molecule has 11 nitrogen and oxygen atoms in total. The molecular weight excluding hydrogens is 504 g/mol. The van der Waals surface area contributed by atoms with Crippen LogP contribution in [0, 0.1) is 0 Å². The highest BCUT2D eigenvalue weighted by molar-refractivity contribution is 5.97. The molecule has 0 fully saturated rings. The summed E-state index contributed by atoms with van der Waals surface area (Å²) in [5.74, 6) is -1.72. The second-order valence-electron chi connectivity index (χ2n) is 9.19. The summed E-state index contributed by atoms with van der Waals surface area (Å²) in [4.78, 5) is 51.5. The van der Waals surface area contributed by atoms with Crippen molar-refractivity contribution in [1.82, 2.24) is 20.9 Å². The molecule has 1 aromatic heterocycles. The largest absolute Gasteiger partial charge is 0.478 e. The minimum Gasteiger partial charge on any atom is -0.478 e. The van der Waals surface area contributed by atoms with Gasteiger partial charge in [-0.15, -0.1) is 0 Å². The average molecular weight is 537 g/mol. The van der Waals surface area contributed by atoms with Crippen LogP contribution in [-0.2, 0) is 25.5 Å². The van der Waals surface area contributed by atoms with Crippen LogP contribution in [0.1, 0.15) is 44.9 Å². The number of rotatable bonds is 13. The van der Waals surface area contributed by atoms with Crippen LogP contribution >= 0.6 is 0 Å². The van der Waals surface area contributed by atoms with Crippen molar-refractivity contribution in [3.8, 4) is 0 Å². The van der Waals surface area contributed by atoms with E-state index in [4.69, 9.17) is 14.6 Å². The highest BCUT2D eigenvalue weighted by atomic mass is 16.5. The summed E-state index contributed by atoms with van der Waals surface area (Å²) in [6.07, 6.45) is 0.477. The number of nitrogens with one attached hydrogen (secondary N) is 4. The van der Waals surface area contributed by atoms with E-state index in [1.807, 2.05) is 24.3 Å². The number of Topliss-reactive ketones (excluding diaryl/α,β-unsaturated/α-hetero) is 1. The highest BCUT2D eigenvalue weighted by Gasteiger charge is 2.35. The monoisotopic (exact) mass is 536 g/mol. The van der Waals surface area contributed by atoms with Crippen molar-refractivity contribution in [2.45, 2.75) is 25.4 Å². The normalized spacial score (nSPS) is 16.4. The van der Waals surface area contributed by atoms with E-state index < -0.39 is 18.1 Å². The van der Waals surface area contributed by atoms with E-state index in [9.17, 15) is 19.2 Å². The Labute approximate surface area is 225 Å². The Hall–Kier alpha value is -4.06. The first-order valence-electron chi connectivity index (χ1n) is 12.8. The van der Waals surface area contributed by atoms with E-state index in [-0.39, 0.29) is 41.9 Å². The number of aromatic carboxylic acids is 1. The molecule has 2 unspecified atom stereocenters. The molecule has 1 aliphatic heterocycles. The van der Waals surface area contributed by atoms with Gasteiger partial charge in [-0.1, -0.05) is 24.3 Å². The molecular formula is C28H32N4O7. The van der Waals surface area contributed by atoms with Gasteiger partial charge in [0.15, 0.2) is 5.78 Å². The third kappa shape index (κ3) is 7.08. The number of amides is 2. The van der Waals surface area contributed by atoms with Gasteiger partial charge >= 0.3 is 5.97 Å². The molecule has 5 N–H and O–H groups in total. The number of H-pyrrole nitrogens is 1. The molecule has 206 valence electrons. The van der Waals surface area contributed by atoms with Crippen LogP contribution in [0.3, 0.4) is 0 Å². The van der Waals surface area contributed by atoms with Crippen molar-refractivity contribution in [3.05, 3.63) is 70.9 Å². The molecule has 0 bridgehead atoms. The smallest absolute Gasteiger partial charge is 0.335 e. The number of para-hydroxylation sites is 1. The van der Waals surface area contributed by atoms with Gasteiger partial charge in [-0.2, -0.15) is 0 Å². The van der Waals surface area contributed by atoms with E-state index >= 15 is 0 Å². The van der Waals surface area contributed by atoms with Gasteiger partial charge in [0.2, 0.25) is 5.91 Å². The number of carboxylic acids is 1. The number of carboxylic acid groups (broad SMARTS) is 1. The SMILES string of the molecule is CC(=O)C1NC(C(=O)NCCOCCOCCNC(=O)c2cccc(C(=O)O)c2)Cc2c1[nH]c1ccccc21. The fraction of sp³-hybridized carbons (Fsp3) is 0.357. The summed E-state index contributed by atoms with van der Waals surface area (Å²) >= 11 is 0. The molecule has 0 saturated carbocycles. The number of carbonyl (C=O) groups is 4. The molecule has 4 rings (SSSR count). The Balaban J connectivity index is 1.10. The van der Waals surface area contributed by atoms with Crippen molar-refractivity contribution < 1.29 is 33.8 Å². The van der Waals surface area contributed by atoms with Crippen LogP contribution < -0.4 is 16.0 Å². The van der Waals surface area contributed by atoms with Gasteiger partial charge in [-0.05, 0) is 43.2 Å². The van der Waals surface area contributed by atoms with Crippen molar-refractivity contribution >= 4 is 34.5 Å². The molecule has 39 heavy (non-hydrogen) atoms. The lowest BCUT2D eigenvalue weighted by molar-refractivity contribution is -0.125. The topological polar surface area (TPSA) is 159 Å². The number of benzene rings is 2. The van der Waals surface area contributed by atoms with Gasteiger partial charge in [0.1, 0.15) is 6.04 Å². The number of hydrogen-bond donors (Lipinski definition) is 5. The predicted molar refractivity (Wildman–Crippen MR) is 143 cm³/mol. The molecule has 3 aromatic rings. The number of aromatic amines is 1. The summed E-state index contributed by atoms with van der Waals surface area (Å²) < 4.78 is 10.9. The molecule has 11 heteroatoms. The number of carbonyl (C=O) groups excluding carboxylic acids is 3. The van der Waals surface area contributed by atoms with Crippen LogP contribution in [-0.4, -0.2) is 79.2 Å². The standard InChI is InChI=1S/C28H32N4O7/c1-17(33)24-25-21(20-7-2-3-8-22(20)31-25)16-23(32-24)27(35)30-10-12-39-14-13-38-11-9-29-26(34)18-5-4-6-19(15-18)28(36)37/h2-8,15,23-24,31-32H,9-14,16H2,1H3,(H,29,34)(H,30,35)(H,36,37). The Kier molecular flexibility index (Phi) is 9.42. The summed E-state index contributed by atoms with van der Waals surface area (Å²) in [6, 6.07) is 12.5. The maximum Gasteiger partial charge on any atom is 0.335 e. The van der Waals surface area contributed by atoms with Crippen molar-refractivity contribution in [2.75, 3.05) is 39.5 Å². The molecule has 2 heterocycles. The molecule has 2 amide bonds. The summed E-state index contributed by atoms with van der Waals surface area (Å²) in [6.45, 7) is 3.28. The molecule has 0 spiro atoms. The number of hydrogen-bond acceptors (Lipinski definition) is 7. The summed E-state index contributed by atoms with van der Waals surface area (Å²) in [7, 11) is 0. The average Bonchev–Trinajstić information content (AvgIpc) is 3.31. The maximum atomic E-state index is 12.8. The van der Waals surface area contributed by atoms with Crippen LogP contribution in [0.15, 0.2) is 48.5 Å². The lowest BCUT2D eigenvalue weighted by atomic mass is 9.92. The van der Waals surface area contributed by atoms with Gasteiger partial charge in [0.05, 0.1) is 38.0 Å². The van der Waals surface area contributed by atoms with Crippen LogP contribution in [0.2, 0.25) is 0 Å². The van der Waals surface area contributed by atoms with E-state index in [0.717, 1.165) is 22.2 Å². The minimum absolute atomic E-state index is 0.0471. The van der Waals surface area contributed by atoms with Crippen LogP contribution in [0.4, 0.5) is 0 Å². The molecule has 1 aliphatic rings. The molecule has 0 aliphatic carbocycles. The zero-order valence-corrected chi connectivity index (χ0v) is 21.6. The second-order valence-corrected chi connectivity index (χ2v) is 9.19. The van der Waals surface area contributed by atoms with Crippen LogP contribution in [0.5, 0.6) is 0 Å². The van der Waals surface area contributed by atoms with Crippen molar-refractivity contribution in [3.63, 3.8) is 0 Å². The first-order valence-corrected chi connectivity index (χ1v) is 12.8. The third-order valence-electron chi connectivity index (χ3n) is 6.46. The summed E-state index contributed by atoms with van der Waals surface area (Å²) in [5, 5.41) is 18.7. The van der Waals surface area contributed by atoms with E-state index in [0.29, 0.717) is 32.8 Å². The van der Waals surface area contributed by atoms with E-state index in [1.54, 1.807) is 6.07 Å². The second kappa shape index (κ2) is 13.1. The van der Waals surface area contributed by atoms with Gasteiger partial charge < -0.3 is 30.2 Å². The number of ketones is 1.